The number of benzene rings is 6. The average Bonchev–Trinajstić information content (AvgIpc) is 3.59. The molecule has 7 rings (SSSR count). The van der Waals surface area contributed by atoms with Gasteiger partial charge in [-0.3, -0.25) is 0 Å². The summed E-state index contributed by atoms with van der Waals surface area (Å²) in [6.45, 7) is 4.12. The van der Waals surface area contributed by atoms with E-state index in [9.17, 15) is 0 Å². The third-order valence-electron chi connectivity index (χ3n) is 7.83. The zero-order valence-electron chi connectivity index (χ0n) is 25.2. The van der Waals surface area contributed by atoms with Gasteiger partial charge in [-0.25, -0.2) is 0 Å². The van der Waals surface area contributed by atoms with Crippen molar-refractivity contribution in [1.82, 2.24) is 10.2 Å². The van der Waals surface area contributed by atoms with Gasteiger partial charge in [0.15, 0.2) is 0 Å². The van der Waals surface area contributed by atoms with E-state index < -0.39 is 0 Å². The van der Waals surface area contributed by atoms with Crippen LogP contribution >= 0.6 is 0 Å². The molecule has 7 aromatic rings. The smallest absolute Gasteiger partial charge is 0.248 e. The molecule has 1 aromatic heterocycles. The van der Waals surface area contributed by atoms with E-state index >= 15 is 0 Å². The summed E-state index contributed by atoms with van der Waals surface area (Å²) in [5.74, 6) is 1.02. The first-order valence-electron chi connectivity index (χ1n) is 15.0. The van der Waals surface area contributed by atoms with E-state index in [0.29, 0.717) is 11.8 Å². The van der Waals surface area contributed by atoms with Gasteiger partial charge in [0, 0.05) is 45.3 Å². The summed E-state index contributed by atoms with van der Waals surface area (Å²) in [4.78, 5) is 4.51. The van der Waals surface area contributed by atoms with Crippen LogP contribution in [0.2, 0.25) is 0 Å². The van der Waals surface area contributed by atoms with Crippen LogP contribution in [0.4, 0.5) is 34.1 Å². The van der Waals surface area contributed by atoms with Crippen LogP contribution in [0.15, 0.2) is 162 Å². The second-order valence-corrected chi connectivity index (χ2v) is 11.0. The highest BCUT2D eigenvalue weighted by Crippen LogP contribution is 2.39. The summed E-state index contributed by atoms with van der Waals surface area (Å²) in [5.41, 5.74) is 10.5. The summed E-state index contributed by atoms with van der Waals surface area (Å²) in [5, 5.41) is 8.72. The SMILES string of the molecule is Cc1ccc(C)c(-c2nnc(-c3ccc(N(c4ccccc4)c4ccc(N(c5ccccc5)c5ccccc5)cc4)cc3)o2)c1. The predicted octanol–water partition coefficient (Wildman–Crippen LogP) is 11.0. The highest BCUT2D eigenvalue weighted by molar-refractivity contribution is 5.81. The molecule has 0 saturated carbocycles. The van der Waals surface area contributed by atoms with Gasteiger partial charge in [0.1, 0.15) is 0 Å². The molecular weight excluding hydrogens is 552 g/mol. The first-order chi connectivity index (χ1) is 22.1. The van der Waals surface area contributed by atoms with Crippen molar-refractivity contribution in [2.24, 2.45) is 0 Å². The molecule has 45 heavy (non-hydrogen) atoms. The highest BCUT2D eigenvalue weighted by Gasteiger charge is 2.17. The molecule has 0 spiro atoms. The summed E-state index contributed by atoms with van der Waals surface area (Å²) in [7, 11) is 0. The van der Waals surface area contributed by atoms with Crippen LogP contribution in [0, 0.1) is 13.8 Å². The van der Waals surface area contributed by atoms with Crippen LogP contribution in [0.3, 0.4) is 0 Å². The lowest BCUT2D eigenvalue weighted by molar-refractivity contribution is 0.584. The minimum atomic E-state index is 0.495. The molecule has 0 aliphatic heterocycles. The molecule has 0 amide bonds. The molecule has 0 atom stereocenters. The van der Waals surface area contributed by atoms with E-state index in [4.69, 9.17) is 4.42 Å². The van der Waals surface area contributed by atoms with Crippen molar-refractivity contribution in [3.8, 4) is 22.9 Å². The number of rotatable bonds is 8. The zero-order chi connectivity index (χ0) is 30.6. The Morgan fingerprint density at radius 2 is 0.822 bits per heavy atom. The van der Waals surface area contributed by atoms with Crippen LogP contribution in [0.5, 0.6) is 0 Å². The lowest BCUT2D eigenvalue weighted by atomic mass is 10.1. The first kappa shape index (κ1) is 27.9. The highest BCUT2D eigenvalue weighted by atomic mass is 16.4. The number of para-hydroxylation sites is 3. The Morgan fingerprint density at radius 3 is 1.29 bits per heavy atom. The Morgan fingerprint density at radius 1 is 0.422 bits per heavy atom. The molecule has 0 fully saturated rings. The molecule has 0 bridgehead atoms. The Hall–Kier alpha value is -5.94. The molecule has 0 N–H and O–H groups in total. The van der Waals surface area contributed by atoms with Crippen molar-refractivity contribution in [3.05, 3.63) is 169 Å². The second-order valence-electron chi connectivity index (χ2n) is 11.0. The standard InChI is InChI=1S/C40H32N4O/c1-29-18-19-30(2)38(28-29)40-42-41-39(45-40)31-20-22-35(23-21-31)44(34-16-10-5-11-17-34)37-26-24-36(25-27-37)43(32-12-6-3-7-13-32)33-14-8-4-9-15-33/h3-28H,1-2H3. The number of hydrogen-bond acceptors (Lipinski definition) is 5. The van der Waals surface area contributed by atoms with Crippen molar-refractivity contribution < 1.29 is 4.42 Å². The van der Waals surface area contributed by atoms with Crippen LogP contribution in [-0.2, 0) is 0 Å². The maximum atomic E-state index is 6.13. The fraction of sp³-hybridized carbons (Fsp3) is 0.0500. The fourth-order valence-electron chi connectivity index (χ4n) is 5.54. The van der Waals surface area contributed by atoms with Gasteiger partial charge < -0.3 is 14.2 Å². The van der Waals surface area contributed by atoms with Gasteiger partial charge >= 0.3 is 0 Å². The van der Waals surface area contributed by atoms with Crippen molar-refractivity contribution in [2.45, 2.75) is 13.8 Å². The maximum Gasteiger partial charge on any atom is 0.248 e. The molecule has 1 heterocycles. The number of hydrogen-bond donors (Lipinski definition) is 0. The lowest BCUT2D eigenvalue weighted by Gasteiger charge is -2.28. The Kier molecular flexibility index (Phi) is 7.65. The Bertz CT molecular complexity index is 1960. The van der Waals surface area contributed by atoms with Gasteiger partial charge in [-0.2, -0.15) is 0 Å². The van der Waals surface area contributed by atoms with Gasteiger partial charge in [-0.05, 0) is 110 Å². The number of aromatic nitrogens is 2. The molecule has 218 valence electrons. The summed E-state index contributed by atoms with van der Waals surface area (Å²) >= 11 is 0. The van der Waals surface area contributed by atoms with Crippen molar-refractivity contribution in [2.75, 3.05) is 9.80 Å². The van der Waals surface area contributed by atoms with Crippen LogP contribution in [-0.4, -0.2) is 10.2 Å². The third kappa shape index (κ3) is 5.84. The molecule has 0 aliphatic rings. The monoisotopic (exact) mass is 584 g/mol. The molecule has 0 radical (unpaired) electrons. The van der Waals surface area contributed by atoms with Crippen LogP contribution < -0.4 is 9.80 Å². The summed E-state index contributed by atoms with van der Waals surface area (Å²) in [6, 6.07) is 54.5. The Balaban J connectivity index is 1.22. The van der Waals surface area contributed by atoms with Crippen LogP contribution in [0.25, 0.3) is 22.9 Å². The van der Waals surface area contributed by atoms with E-state index in [1.165, 1.54) is 0 Å². The largest absolute Gasteiger partial charge is 0.416 e. The summed E-state index contributed by atoms with van der Waals surface area (Å²) < 4.78 is 6.13. The molecule has 5 nitrogen and oxygen atoms in total. The number of aryl methyl sites for hydroxylation is 2. The summed E-state index contributed by atoms with van der Waals surface area (Å²) in [6.07, 6.45) is 0. The van der Waals surface area contributed by atoms with Gasteiger partial charge in [0.2, 0.25) is 11.8 Å². The Labute approximate surface area is 263 Å². The average molecular weight is 585 g/mol. The molecule has 0 unspecified atom stereocenters. The number of nitrogens with zero attached hydrogens (tertiary/aromatic N) is 4. The zero-order valence-corrected chi connectivity index (χ0v) is 25.2. The molecule has 0 aliphatic carbocycles. The minimum Gasteiger partial charge on any atom is -0.416 e. The minimum absolute atomic E-state index is 0.495. The van der Waals surface area contributed by atoms with Crippen molar-refractivity contribution in [3.63, 3.8) is 0 Å². The van der Waals surface area contributed by atoms with E-state index in [1.54, 1.807) is 0 Å². The fourth-order valence-corrected chi connectivity index (χ4v) is 5.54. The van der Waals surface area contributed by atoms with Gasteiger partial charge in [-0.1, -0.05) is 72.3 Å². The van der Waals surface area contributed by atoms with E-state index in [0.717, 1.165) is 56.4 Å². The molecule has 5 heteroatoms. The number of anilines is 6. The normalized spacial score (nSPS) is 10.9. The maximum absolute atomic E-state index is 6.13. The van der Waals surface area contributed by atoms with Gasteiger partial charge in [-0.15, -0.1) is 10.2 Å². The lowest BCUT2D eigenvalue weighted by Crippen LogP contribution is -2.12. The molecular formula is C40H32N4O. The van der Waals surface area contributed by atoms with Crippen molar-refractivity contribution >= 4 is 34.1 Å². The van der Waals surface area contributed by atoms with Crippen LogP contribution in [0.1, 0.15) is 11.1 Å². The van der Waals surface area contributed by atoms with Crippen molar-refractivity contribution in [1.29, 1.82) is 0 Å². The third-order valence-corrected chi connectivity index (χ3v) is 7.83. The second kappa shape index (κ2) is 12.3. The van der Waals surface area contributed by atoms with E-state index in [2.05, 4.69) is 161 Å². The first-order valence-corrected chi connectivity index (χ1v) is 15.0. The van der Waals surface area contributed by atoms with E-state index in [-0.39, 0.29) is 0 Å². The molecule has 6 aromatic carbocycles. The topological polar surface area (TPSA) is 45.4 Å². The quantitative estimate of drug-likeness (QED) is 0.178. The van der Waals surface area contributed by atoms with Gasteiger partial charge in [0.25, 0.3) is 0 Å². The van der Waals surface area contributed by atoms with Gasteiger partial charge in [0.05, 0.1) is 0 Å². The predicted molar refractivity (Wildman–Crippen MR) is 184 cm³/mol. The van der Waals surface area contributed by atoms with E-state index in [1.807, 2.05) is 30.3 Å². The molecule has 0 saturated heterocycles.